The molecular formula is C24H22N2O6S. The number of carbonyl (C=O) groups excluding carboxylic acids is 3. The number of aromatic nitrogens is 1. The number of rotatable bonds is 6. The molecule has 0 saturated heterocycles. The lowest BCUT2D eigenvalue weighted by atomic mass is 9.94. The van der Waals surface area contributed by atoms with Gasteiger partial charge in [-0.15, -0.1) is 0 Å². The number of amides is 1. The maximum atomic E-state index is 13.3. The van der Waals surface area contributed by atoms with Gasteiger partial charge in [0.15, 0.2) is 16.7 Å². The molecule has 1 aliphatic rings. The molecule has 0 radical (unpaired) electrons. The van der Waals surface area contributed by atoms with Crippen LogP contribution in [0, 0.1) is 20.8 Å². The quantitative estimate of drug-likeness (QED) is 0.417. The zero-order chi connectivity index (χ0) is 23.9. The minimum absolute atomic E-state index is 0.0170. The summed E-state index contributed by atoms with van der Waals surface area (Å²) in [6, 6.07) is 9.46. The van der Waals surface area contributed by atoms with E-state index in [0.717, 1.165) is 16.9 Å². The number of ether oxygens (including phenoxy) is 1. The largest absolute Gasteiger partial charge is 0.503 e. The minimum Gasteiger partial charge on any atom is -0.503 e. The highest BCUT2D eigenvalue weighted by molar-refractivity contribution is 7.17. The zero-order valence-corrected chi connectivity index (χ0v) is 19.4. The van der Waals surface area contributed by atoms with Gasteiger partial charge in [-0.3, -0.25) is 14.5 Å². The van der Waals surface area contributed by atoms with Gasteiger partial charge in [0.2, 0.25) is 5.78 Å². The summed E-state index contributed by atoms with van der Waals surface area (Å²) < 4.78 is 10.5. The fourth-order valence-electron chi connectivity index (χ4n) is 3.66. The Morgan fingerprint density at radius 1 is 1.15 bits per heavy atom. The predicted molar refractivity (Wildman–Crippen MR) is 122 cm³/mol. The van der Waals surface area contributed by atoms with E-state index < -0.39 is 29.5 Å². The van der Waals surface area contributed by atoms with Crippen molar-refractivity contribution in [3.8, 4) is 0 Å². The van der Waals surface area contributed by atoms with E-state index in [9.17, 15) is 19.5 Å². The number of aliphatic hydroxyl groups is 1. The van der Waals surface area contributed by atoms with Crippen molar-refractivity contribution in [3.63, 3.8) is 0 Å². The van der Waals surface area contributed by atoms with E-state index in [1.807, 2.05) is 19.1 Å². The molecule has 1 amide bonds. The maximum Gasteiger partial charge on any atom is 0.350 e. The number of nitrogens with zero attached hydrogens (tertiary/aromatic N) is 2. The first kappa shape index (κ1) is 22.5. The second-order valence-corrected chi connectivity index (χ2v) is 8.60. The second kappa shape index (κ2) is 8.67. The zero-order valence-electron chi connectivity index (χ0n) is 18.5. The fraction of sp³-hybridized carbons (Fsp3) is 0.250. The number of aryl methyl sites for hydroxylation is 3. The SMILES string of the molecule is CCOC(=O)c1sc(N2C(=O)C(O)=C(C(=O)c3ccc(C)o3)C2c2ccc(C)cc2)nc1C. The summed E-state index contributed by atoms with van der Waals surface area (Å²) in [7, 11) is 0. The number of furan rings is 1. The van der Waals surface area contributed by atoms with Crippen LogP contribution in [0.15, 0.2) is 52.1 Å². The monoisotopic (exact) mass is 466 g/mol. The molecule has 0 fully saturated rings. The Morgan fingerprint density at radius 2 is 1.85 bits per heavy atom. The number of ketones is 1. The molecule has 1 unspecified atom stereocenters. The van der Waals surface area contributed by atoms with Crippen molar-refractivity contribution in [1.82, 2.24) is 4.98 Å². The van der Waals surface area contributed by atoms with Crippen LogP contribution in [0.1, 0.15) is 55.8 Å². The molecule has 1 aromatic carbocycles. The van der Waals surface area contributed by atoms with E-state index in [-0.39, 0.29) is 27.9 Å². The number of thiazole rings is 1. The molecule has 1 atom stereocenters. The second-order valence-electron chi connectivity index (χ2n) is 7.62. The fourth-order valence-corrected chi connectivity index (χ4v) is 4.65. The third-order valence-electron chi connectivity index (χ3n) is 5.26. The highest BCUT2D eigenvalue weighted by Crippen LogP contribution is 2.43. The number of carbonyl (C=O) groups is 3. The van der Waals surface area contributed by atoms with Crippen LogP contribution in [0.25, 0.3) is 0 Å². The molecule has 0 spiro atoms. The molecule has 9 heteroatoms. The van der Waals surface area contributed by atoms with Gasteiger partial charge < -0.3 is 14.3 Å². The Balaban J connectivity index is 1.85. The van der Waals surface area contributed by atoms with Gasteiger partial charge in [0, 0.05) is 0 Å². The van der Waals surface area contributed by atoms with Gasteiger partial charge in [-0.05, 0) is 45.4 Å². The number of hydrogen-bond acceptors (Lipinski definition) is 8. The molecule has 4 rings (SSSR count). The van der Waals surface area contributed by atoms with E-state index in [1.165, 1.54) is 11.0 Å². The predicted octanol–water partition coefficient (Wildman–Crippen LogP) is 4.62. The van der Waals surface area contributed by atoms with E-state index in [0.29, 0.717) is 17.0 Å². The lowest BCUT2D eigenvalue weighted by Gasteiger charge is -2.24. The molecule has 1 aliphatic heterocycles. The topological polar surface area (TPSA) is 110 Å². The Hall–Kier alpha value is -3.72. The van der Waals surface area contributed by atoms with Gasteiger partial charge in [0.1, 0.15) is 10.6 Å². The van der Waals surface area contributed by atoms with Crippen molar-refractivity contribution in [2.45, 2.75) is 33.7 Å². The summed E-state index contributed by atoms with van der Waals surface area (Å²) in [5.41, 5.74) is 1.88. The lowest BCUT2D eigenvalue weighted by molar-refractivity contribution is -0.117. The van der Waals surface area contributed by atoms with Gasteiger partial charge in [-0.25, -0.2) is 9.78 Å². The highest BCUT2D eigenvalue weighted by atomic mass is 32.1. The molecule has 3 heterocycles. The van der Waals surface area contributed by atoms with Crippen molar-refractivity contribution in [1.29, 1.82) is 0 Å². The minimum atomic E-state index is -0.948. The van der Waals surface area contributed by atoms with Crippen LogP contribution in [0.5, 0.6) is 0 Å². The standard InChI is InChI=1S/C24H22N2O6S/c1-5-31-23(30)21-14(4)25-24(33-21)26-18(15-9-6-12(2)7-10-15)17(20(28)22(26)29)19(27)16-11-8-13(3)32-16/h6-11,18,28H,5H2,1-4H3. The number of anilines is 1. The van der Waals surface area contributed by atoms with E-state index in [2.05, 4.69) is 4.98 Å². The van der Waals surface area contributed by atoms with Crippen LogP contribution in [0.3, 0.4) is 0 Å². The third-order valence-corrected chi connectivity index (χ3v) is 6.40. The number of esters is 1. The smallest absolute Gasteiger partial charge is 0.350 e. The van der Waals surface area contributed by atoms with Gasteiger partial charge in [-0.2, -0.15) is 0 Å². The van der Waals surface area contributed by atoms with E-state index in [1.54, 1.807) is 39.0 Å². The first-order valence-electron chi connectivity index (χ1n) is 10.3. The number of aliphatic hydroxyl groups excluding tert-OH is 1. The van der Waals surface area contributed by atoms with Crippen LogP contribution in [0.2, 0.25) is 0 Å². The van der Waals surface area contributed by atoms with Crippen molar-refractivity contribution in [2.75, 3.05) is 11.5 Å². The summed E-state index contributed by atoms with van der Waals surface area (Å²) >= 11 is 0.973. The molecule has 0 saturated carbocycles. The van der Waals surface area contributed by atoms with Gasteiger partial charge >= 0.3 is 5.97 Å². The van der Waals surface area contributed by atoms with E-state index >= 15 is 0 Å². The number of benzene rings is 1. The molecule has 8 nitrogen and oxygen atoms in total. The Labute approximate surface area is 194 Å². The van der Waals surface area contributed by atoms with Crippen molar-refractivity contribution < 1.29 is 28.6 Å². The molecule has 33 heavy (non-hydrogen) atoms. The highest BCUT2D eigenvalue weighted by Gasteiger charge is 2.46. The molecule has 1 N–H and O–H groups in total. The average molecular weight is 467 g/mol. The normalized spacial score (nSPS) is 15.9. The van der Waals surface area contributed by atoms with Gasteiger partial charge in [-0.1, -0.05) is 41.2 Å². The molecule has 0 aliphatic carbocycles. The Bertz CT molecular complexity index is 1280. The van der Waals surface area contributed by atoms with Crippen LogP contribution >= 0.6 is 11.3 Å². The molecule has 0 bridgehead atoms. The van der Waals surface area contributed by atoms with Crippen molar-refractivity contribution in [3.05, 3.63) is 80.9 Å². The summed E-state index contributed by atoms with van der Waals surface area (Å²) in [4.78, 5) is 44.7. The molecule has 3 aromatic rings. The van der Waals surface area contributed by atoms with Gasteiger partial charge in [0.05, 0.1) is 23.9 Å². The first-order valence-corrected chi connectivity index (χ1v) is 11.1. The van der Waals surface area contributed by atoms with Gasteiger partial charge in [0.25, 0.3) is 5.91 Å². The average Bonchev–Trinajstić information content (AvgIpc) is 3.45. The summed E-state index contributed by atoms with van der Waals surface area (Å²) in [6.07, 6.45) is 0. The van der Waals surface area contributed by atoms with E-state index in [4.69, 9.17) is 9.15 Å². The van der Waals surface area contributed by atoms with Crippen LogP contribution in [0.4, 0.5) is 5.13 Å². The Kier molecular flexibility index (Phi) is 5.90. The van der Waals surface area contributed by atoms with Crippen molar-refractivity contribution in [2.24, 2.45) is 0 Å². The molecule has 170 valence electrons. The number of hydrogen-bond donors (Lipinski definition) is 1. The maximum absolute atomic E-state index is 13.3. The summed E-state index contributed by atoms with van der Waals surface area (Å²) in [6.45, 7) is 7.15. The third kappa shape index (κ3) is 3.95. The van der Waals surface area contributed by atoms with Crippen molar-refractivity contribution >= 4 is 34.1 Å². The van der Waals surface area contributed by atoms with Crippen LogP contribution < -0.4 is 4.90 Å². The summed E-state index contributed by atoms with van der Waals surface area (Å²) in [5, 5.41) is 11.0. The first-order chi connectivity index (χ1) is 15.7. The summed E-state index contributed by atoms with van der Waals surface area (Å²) in [5.74, 6) is -2.05. The van der Waals surface area contributed by atoms with Crippen LogP contribution in [-0.4, -0.2) is 34.4 Å². The Morgan fingerprint density at radius 3 is 2.45 bits per heavy atom. The number of Topliss-reactive ketones (excluding diaryl/α,β-unsaturated/α-hetero) is 1. The van der Waals surface area contributed by atoms with Crippen LogP contribution in [-0.2, 0) is 9.53 Å². The molecule has 2 aromatic heterocycles. The lowest BCUT2D eigenvalue weighted by Crippen LogP contribution is -2.31. The molecular weight excluding hydrogens is 444 g/mol.